The maximum atomic E-state index is 10.5. The van der Waals surface area contributed by atoms with Crippen molar-refractivity contribution < 1.29 is 5.11 Å². The van der Waals surface area contributed by atoms with Crippen LogP contribution in [0.5, 0.6) is 0 Å². The van der Waals surface area contributed by atoms with Crippen LogP contribution in [0.4, 0.5) is 0 Å². The smallest absolute Gasteiger partial charge is 0.104 e. The molecule has 1 atom stereocenters. The second-order valence-electron chi connectivity index (χ2n) is 4.94. The molecule has 1 aliphatic rings. The first-order valence-electron chi connectivity index (χ1n) is 6.53. The molecule has 1 fully saturated rings. The summed E-state index contributed by atoms with van der Waals surface area (Å²) in [6.45, 7) is 0. The van der Waals surface area contributed by atoms with Crippen LogP contribution in [0.2, 0.25) is 0 Å². The van der Waals surface area contributed by atoms with Crippen LogP contribution in [0.3, 0.4) is 0 Å². The van der Waals surface area contributed by atoms with E-state index in [9.17, 15) is 5.11 Å². The van der Waals surface area contributed by atoms with Crippen LogP contribution in [0.1, 0.15) is 48.0 Å². The molecular weight excluding hydrogens is 222 g/mol. The molecule has 1 aliphatic carbocycles. The summed E-state index contributed by atoms with van der Waals surface area (Å²) in [5, 5.41) is 10.5. The number of hydrogen-bond acceptors (Lipinski definition) is 2. The number of aliphatic hydroxyl groups is 1. The topological polar surface area (TPSA) is 33.1 Å². The normalized spacial score (nSPS) is 17.2. The summed E-state index contributed by atoms with van der Waals surface area (Å²) in [5.74, 6) is 0.637. The molecule has 1 saturated carbocycles. The molecule has 2 nitrogen and oxygen atoms in total. The lowest BCUT2D eigenvalue weighted by Gasteiger charge is -2.29. The van der Waals surface area contributed by atoms with E-state index in [0.717, 1.165) is 11.1 Å². The van der Waals surface area contributed by atoms with Crippen molar-refractivity contribution in [3.05, 3.63) is 65.5 Å². The third-order valence-corrected chi connectivity index (χ3v) is 3.86. The molecule has 1 heterocycles. The summed E-state index contributed by atoms with van der Waals surface area (Å²) in [4.78, 5) is 4.00. The second-order valence-corrected chi connectivity index (χ2v) is 4.94. The van der Waals surface area contributed by atoms with Gasteiger partial charge in [-0.1, -0.05) is 30.7 Å². The molecule has 1 aromatic heterocycles. The molecule has 1 aromatic carbocycles. The predicted octanol–water partition coefficient (Wildman–Crippen LogP) is 3.43. The minimum Gasteiger partial charge on any atom is -0.384 e. The van der Waals surface area contributed by atoms with Crippen molar-refractivity contribution in [1.29, 1.82) is 0 Å². The third-order valence-electron chi connectivity index (χ3n) is 3.86. The average Bonchev–Trinajstić information content (AvgIpc) is 2.38. The van der Waals surface area contributed by atoms with Gasteiger partial charge in [-0.15, -0.1) is 0 Å². The zero-order valence-corrected chi connectivity index (χ0v) is 10.3. The third kappa shape index (κ3) is 2.04. The Morgan fingerprint density at radius 2 is 1.78 bits per heavy atom. The number of pyridine rings is 1. The van der Waals surface area contributed by atoms with Gasteiger partial charge >= 0.3 is 0 Å². The van der Waals surface area contributed by atoms with Crippen molar-refractivity contribution in [2.75, 3.05) is 0 Å². The lowest BCUT2D eigenvalue weighted by Crippen LogP contribution is -2.13. The lowest BCUT2D eigenvalue weighted by molar-refractivity contribution is 0.217. The van der Waals surface area contributed by atoms with Crippen LogP contribution < -0.4 is 0 Å². The maximum absolute atomic E-state index is 10.5. The van der Waals surface area contributed by atoms with Crippen molar-refractivity contribution in [1.82, 2.24) is 4.98 Å². The van der Waals surface area contributed by atoms with E-state index in [4.69, 9.17) is 0 Å². The summed E-state index contributed by atoms with van der Waals surface area (Å²) in [6.07, 6.45) is 6.73. The maximum Gasteiger partial charge on any atom is 0.104 e. The number of aromatic nitrogens is 1. The number of aliphatic hydroxyl groups excluding tert-OH is 1. The van der Waals surface area contributed by atoms with Crippen LogP contribution >= 0.6 is 0 Å². The van der Waals surface area contributed by atoms with E-state index in [0.29, 0.717) is 5.92 Å². The first-order chi connectivity index (χ1) is 8.86. The van der Waals surface area contributed by atoms with E-state index in [-0.39, 0.29) is 0 Å². The molecule has 92 valence electrons. The van der Waals surface area contributed by atoms with E-state index >= 15 is 0 Å². The molecule has 0 saturated heterocycles. The van der Waals surface area contributed by atoms with Crippen molar-refractivity contribution in [3.63, 3.8) is 0 Å². The van der Waals surface area contributed by atoms with Gasteiger partial charge in [0.25, 0.3) is 0 Å². The molecule has 2 aromatic rings. The summed E-state index contributed by atoms with van der Waals surface area (Å²) in [7, 11) is 0. The van der Waals surface area contributed by atoms with Crippen LogP contribution in [0.25, 0.3) is 0 Å². The number of nitrogens with zero attached hydrogens (tertiary/aromatic N) is 1. The van der Waals surface area contributed by atoms with Gasteiger partial charge in [-0.05, 0) is 47.6 Å². The molecule has 18 heavy (non-hydrogen) atoms. The van der Waals surface area contributed by atoms with Gasteiger partial charge in [0.2, 0.25) is 0 Å². The largest absolute Gasteiger partial charge is 0.384 e. The highest BCUT2D eigenvalue weighted by Gasteiger charge is 2.24. The van der Waals surface area contributed by atoms with Crippen molar-refractivity contribution in [2.45, 2.75) is 31.3 Å². The lowest BCUT2D eigenvalue weighted by atomic mass is 9.77. The van der Waals surface area contributed by atoms with Crippen LogP contribution in [0, 0.1) is 0 Å². The van der Waals surface area contributed by atoms with Crippen molar-refractivity contribution >= 4 is 0 Å². The van der Waals surface area contributed by atoms with E-state index in [1.807, 2.05) is 24.3 Å². The molecule has 0 aliphatic heterocycles. The SMILES string of the molecule is OC(c1ccncc1)c1ccccc1C1CCC1. The summed E-state index contributed by atoms with van der Waals surface area (Å²) in [6, 6.07) is 12.0. The highest BCUT2D eigenvalue weighted by Crippen LogP contribution is 2.40. The average molecular weight is 239 g/mol. The standard InChI is InChI=1S/C16H17NO/c18-16(13-8-10-17-11-9-13)15-7-2-1-6-14(15)12-4-3-5-12/h1-2,6-12,16,18H,3-5H2. The fourth-order valence-electron chi connectivity index (χ4n) is 2.58. The molecule has 0 spiro atoms. The van der Waals surface area contributed by atoms with Crippen LogP contribution in [-0.2, 0) is 0 Å². The zero-order valence-electron chi connectivity index (χ0n) is 10.3. The molecule has 0 radical (unpaired) electrons. The fraction of sp³-hybridized carbons (Fsp3) is 0.312. The fourth-order valence-corrected chi connectivity index (χ4v) is 2.58. The molecule has 1 N–H and O–H groups in total. The predicted molar refractivity (Wildman–Crippen MR) is 71.3 cm³/mol. The van der Waals surface area contributed by atoms with Crippen molar-refractivity contribution in [3.8, 4) is 0 Å². The number of benzene rings is 1. The van der Waals surface area contributed by atoms with Gasteiger partial charge in [0.15, 0.2) is 0 Å². The summed E-state index contributed by atoms with van der Waals surface area (Å²) >= 11 is 0. The molecule has 2 heteroatoms. The summed E-state index contributed by atoms with van der Waals surface area (Å²) < 4.78 is 0. The Bertz CT molecular complexity index is 520. The highest BCUT2D eigenvalue weighted by molar-refractivity contribution is 5.38. The Morgan fingerprint density at radius 3 is 2.44 bits per heavy atom. The molecule has 0 amide bonds. The number of hydrogen-bond donors (Lipinski definition) is 1. The van der Waals surface area contributed by atoms with Crippen LogP contribution in [-0.4, -0.2) is 10.1 Å². The first kappa shape index (κ1) is 11.4. The highest BCUT2D eigenvalue weighted by atomic mass is 16.3. The van der Waals surface area contributed by atoms with E-state index < -0.39 is 6.10 Å². The number of rotatable bonds is 3. The monoisotopic (exact) mass is 239 g/mol. The first-order valence-corrected chi connectivity index (χ1v) is 6.53. The van der Waals surface area contributed by atoms with Gasteiger partial charge in [0.05, 0.1) is 0 Å². The Kier molecular flexibility index (Phi) is 3.11. The molecular formula is C16H17NO. The van der Waals surface area contributed by atoms with Gasteiger partial charge < -0.3 is 5.11 Å². The Labute approximate surface area is 107 Å². The van der Waals surface area contributed by atoms with Gasteiger partial charge in [-0.25, -0.2) is 0 Å². The van der Waals surface area contributed by atoms with E-state index in [2.05, 4.69) is 17.1 Å². The van der Waals surface area contributed by atoms with Crippen molar-refractivity contribution in [2.24, 2.45) is 0 Å². The van der Waals surface area contributed by atoms with Gasteiger partial charge in [-0.2, -0.15) is 0 Å². The molecule has 3 rings (SSSR count). The zero-order chi connectivity index (χ0) is 12.4. The minimum absolute atomic E-state index is 0.537. The Morgan fingerprint density at radius 1 is 1.06 bits per heavy atom. The molecule has 1 unspecified atom stereocenters. The van der Waals surface area contributed by atoms with Crippen LogP contribution in [0.15, 0.2) is 48.8 Å². The van der Waals surface area contributed by atoms with E-state index in [1.54, 1.807) is 12.4 Å². The summed E-state index contributed by atoms with van der Waals surface area (Å²) in [5.41, 5.74) is 3.28. The minimum atomic E-state index is -0.537. The molecule has 0 bridgehead atoms. The van der Waals surface area contributed by atoms with E-state index in [1.165, 1.54) is 24.8 Å². The second kappa shape index (κ2) is 4.91. The van der Waals surface area contributed by atoms with Gasteiger partial charge in [0, 0.05) is 12.4 Å². The van der Waals surface area contributed by atoms with Gasteiger partial charge in [-0.3, -0.25) is 4.98 Å². The quantitative estimate of drug-likeness (QED) is 0.890. The Hall–Kier alpha value is -1.67. The van der Waals surface area contributed by atoms with Gasteiger partial charge in [0.1, 0.15) is 6.10 Å². The Balaban J connectivity index is 1.96.